The Morgan fingerprint density at radius 3 is 2.85 bits per heavy atom. The van der Waals surface area contributed by atoms with E-state index in [1.807, 2.05) is 6.92 Å². The Hall–Kier alpha value is -1.30. The summed E-state index contributed by atoms with van der Waals surface area (Å²) in [5, 5.41) is 14.7. The molecule has 114 valence electrons. The van der Waals surface area contributed by atoms with Crippen LogP contribution in [0, 0.1) is 0 Å². The molecule has 3 unspecified atom stereocenters. The van der Waals surface area contributed by atoms with E-state index in [1.54, 1.807) is 0 Å². The van der Waals surface area contributed by atoms with Gasteiger partial charge in [-0.3, -0.25) is 4.90 Å². The summed E-state index contributed by atoms with van der Waals surface area (Å²) in [4.78, 5) is 25.5. The van der Waals surface area contributed by atoms with Crippen molar-refractivity contribution in [2.24, 2.45) is 0 Å². The molecule has 0 radical (unpaired) electrons. The van der Waals surface area contributed by atoms with Crippen molar-refractivity contribution in [1.29, 1.82) is 0 Å². The topological polar surface area (TPSA) is 81.7 Å². The van der Waals surface area contributed by atoms with E-state index in [0.29, 0.717) is 12.5 Å². The highest BCUT2D eigenvalue weighted by molar-refractivity contribution is 5.82. The van der Waals surface area contributed by atoms with Crippen LogP contribution in [0.1, 0.15) is 45.4 Å². The van der Waals surface area contributed by atoms with Crippen molar-refractivity contribution in [1.82, 2.24) is 15.5 Å². The Kier molecular flexibility index (Phi) is 5.23. The Morgan fingerprint density at radius 2 is 2.15 bits per heavy atom. The van der Waals surface area contributed by atoms with Crippen molar-refractivity contribution in [3.8, 4) is 0 Å². The van der Waals surface area contributed by atoms with E-state index in [9.17, 15) is 9.59 Å². The Morgan fingerprint density at radius 1 is 1.35 bits per heavy atom. The highest BCUT2D eigenvalue weighted by Crippen LogP contribution is 2.27. The lowest BCUT2D eigenvalue weighted by Gasteiger charge is -2.22. The standard InChI is InChI=1S/C14H25N3O3/c1-2-3-5-11(13(18)19)16-14(20)15-10-7-9-17-8-4-6-12(10)17/h10-12H,2-9H2,1H3,(H,18,19)(H2,15,16,20). The van der Waals surface area contributed by atoms with Crippen LogP contribution >= 0.6 is 0 Å². The molecule has 6 heteroatoms. The van der Waals surface area contributed by atoms with Crippen molar-refractivity contribution >= 4 is 12.0 Å². The zero-order chi connectivity index (χ0) is 14.5. The van der Waals surface area contributed by atoms with Crippen molar-refractivity contribution in [3.05, 3.63) is 0 Å². The number of aliphatic carboxylic acids is 1. The number of carboxylic acids is 1. The molecular formula is C14H25N3O3. The summed E-state index contributed by atoms with van der Waals surface area (Å²) in [5.74, 6) is -0.956. The number of urea groups is 1. The summed E-state index contributed by atoms with van der Waals surface area (Å²) in [5.41, 5.74) is 0. The molecule has 0 aromatic heterocycles. The summed E-state index contributed by atoms with van der Waals surface area (Å²) in [7, 11) is 0. The van der Waals surface area contributed by atoms with E-state index in [1.165, 1.54) is 6.42 Å². The van der Waals surface area contributed by atoms with Crippen LogP contribution < -0.4 is 10.6 Å². The third-order valence-electron chi connectivity index (χ3n) is 4.37. The summed E-state index contributed by atoms with van der Waals surface area (Å²) in [6, 6.07) is -0.513. The highest BCUT2D eigenvalue weighted by atomic mass is 16.4. The van der Waals surface area contributed by atoms with E-state index in [4.69, 9.17) is 5.11 Å². The Bertz CT molecular complexity index is 362. The van der Waals surface area contributed by atoms with Crippen molar-refractivity contribution in [2.45, 2.75) is 63.6 Å². The maximum atomic E-state index is 12.0. The maximum absolute atomic E-state index is 12.0. The van der Waals surface area contributed by atoms with E-state index in [0.717, 1.165) is 38.8 Å². The van der Waals surface area contributed by atoms with E-state index < -0.39 is 12.0 Å². The van der Waals surface area contributed by atoms with Crippen molar-refractivity contribution in [2.75, 3.05) is 13.1 Å². The molecule has 0 spiro atoms. The van der Waals surface area contributed by atoms with Crippen LogP contribution in [-0.2, 0) is 4.79 Å². The summed E-state index contributed by atoms with van der Waals surface area (Å²) in [6.07, 6.45) is 5.50. The molecule has 2 saturated heterocycles. The average molecular weight is 283 g/mol. The van der Waals surface area contributed by atoms with Gasteiger partial charge in [0, 0.05) is 18.6 Å². The van der Waals surface area contributed by atoms with Gasteiger partial charge in [-0.05, 0) is 32.2 Å². The second kappa shape index (κ2) is 6.92. The number of carboxylic acid groups (broad SMARTS) is 1. The number of nitrogens with zero attached hydrogens (tertiary/aromatic N) is 1. The molecule has 2 aliphatic rings. The molecule has 3 atom stereocenters. The predicted octanol–water partition coefficient (Wildman–Crippen LogP) is 1.17. The molecule has 3 N–H and O–H groups in total. The number of rotatable bonds is 6. The normalized spacial score (nSPS) is 27.1. The van der Waals surface area contributed by atoms with Gasteiger partial charge in [0.1, 0.15) is 6.04 Å². The van der Waals surface area contributed by atoms with Gasteiger partial charge in [-0.1, -0.05) is 19.8 Å². The largest absolute Gasteiger partial charge is 0.480 e. The number of carbonyl (C=O) groups is 2. The van der Waals surface area contributed by atoms with Gasteiger partial charge in [0.25, 0.3) is 0 Å². The number of fused-ring (bicyclic) bond motifs is 1. The van der Waals surface area contributed by atoms with Gasteiger partial charge in [-0.25, -0.2) is 9.59 Å². The zero-order valence-electron chi connectivity index (χ0n) is 12.1. The molecule has 0 aliphatic carbocycles. The van der Waals surface area contributed by atoms with Gasteiger partial charge < -0.3 is 15.7 Å². The quantitative estimate of drug-likeness (QED) is 0.683. The van der Waals surface area contributed by atoms with E-state index in [2.05, 4.69) is 15.5 Å². The third-order valence-corrected chi connectivity index (χ3v) is 4.37. The molecular weight excluding hydrogens is 258 g/mol. The summed E-state index contributed by atoms with van der Waals surface area (Å²) in [6.45, 7) is 4.17. The first-order chi connectivity index (χ1) is 9.61. The molecule has 2 aliphatic heterocycles. The lowest BCUT2D eigenvalue weighted by molar-refractivity contribution is -0.139. The lowest BCUT2D eigenvalue weighted by Crippen LogP contribution is -2.51. The van der Waals surface area contributed by atoms with Gasteiger partial charge in [0.15, 0.2) is 0 Å². The monoisotopic (exact) mass is 283 g/mol. The number of amides is 2. The first-order valence-electron chi connectivity index (χ1n) is 7.65. The second-order valence-corrected chi connectivity index (χ2v) is 5.79. The minimum atomic E-state index is -0.956. The molecule has 2 rings (SSSR count). The van der Waals surface area contributed by atoms with Gasteiger partial charge in [-0.2, -0.15) is 0 Å². The molecule has 0 aromatic rings. The predicted molar refractivity (Wildman–Crippen MR) is 75.6 cm³/mol. The summed E-state index contributed by atoms with van der Waals surface area (Å²) < 4.78 is 0. The minimum absolute atomic E-state index is 0.165. The van der Waals surface area contributed by atoms with Gasteiger partial charge in [0.2, 0.25) is 0 Å². The van der Waals surface area contributed by atoms with Crippen LogP contribution in [0.4, 0.5) is 4.79 Å². The number of hydrogen-bond acceptors (Lipinski definition) is 3. The Balaban J connectivity index is 1.80. The molecule has 20 heavy (non-hydrogen) atoms. The molecule has 2 heterocycles. The number of nitrogens with one attached hydrogen (secondary N) is 2. The number of unbranched alkanes of at least 4 members (excludes halogenated alkanes) is 1. The fourth-order valence-electron chi connectivity index (χ4n) is 3.28. The smallest absolute Gasteiger partial charge is 0.326 e. The first kappa shape index (κ1) is 15.1. The van der Waals surface area contributed by atoms with Crippen LogP contribution in [0.25, 0.3) is 0 Å². The third kappa shape index (κ3) is 3.62. The van der Waals surface area contributed by atoms with Crippen molar-refractivity contribution < 1.29 is 14.7 Å². The molecule has 6 nitrogen and oxygen atoms in total. The van der Waals surface area contributed by atoms with Crippen LogP contribution in [0.5, 0.6) is 0 Å². The number of carbonyl (C=O) groups excluding carboxylic acids is 1. The molecule has 0 saturated carbocycles. The SMILES string of the molecule is CCCCC(NC(=O)NC1CCN2CCCC12)C(=O)O. The van der Waals surface area contributed by atoms with Gasteiger partial charge in [-0.15, -0.1) is 0 Å². The fourth-order valence-corrected chi connectivity index (χ4v) is 3.28. The minimum Gasteiger partial charge on any atom is -0.480 e. The molecule has 2 fully saturated rings. The fraction of sp³-hybridized carbons (Fsp3) is 0.857. The molecule has 2 amide bonds. The maximum Gasteiger partial charge on any atom is 0.326 e. The van der Waals surface area contributed by atoms with Crippen LogP contribution in [0.15, 0.2) is 0 Å². The van der Waals surface area contributed by atoms with Crippen LogP contribution in [0.2, 0.25) is 0 Å². The highest BCUT2D eigenvalue weighted by Gasteiger charge is 2.38. The van der Waals surface area contributed by atoms with Gasteiger partial charge >= 0.3 is 12.0 Å². The van der Waals surface area contributed by atoms with Gasteiger partial charge in [0.05, 0.1) is 0 Å². The second-order valence-electron chi connectivity index (χ2n) is 5.79. The van der Waals surface area contributed by atoms with Crippen molar-refractivity contribution in [3.63, 3.8) is 0 Å². The van der Waals surface area contributed by atoms with E-state index in [-0.39, 0.29) is 12.1 Å². The number of hydrogen-bond donors (Lipinski definition) is 3. The molecule has 0 aromatic carbocycles. The first-order valence-corrected chi connectivity index (χ1v) is 7.65. The molecule has 0 bridgehead atoms. The summed E-state index contributed by atoms with van der Waals surface area (Å²) >= 11 is 0. The zero-order valence-corrected chi connectivity index (χ0v) is 12.1. The lowest BCUT2D eigenvalue weighted by atomic mass is 10.1. The van der Waals surface area contributed by atoms with Crippen LogP contribution in [0.3, 0.4) is 0 Å². The Labute approximate surface area is 119 Å². The average Bonchev–Trinajstić information content (AvgIpc) is 2.99. The van der Waals surface area contributed by atoms with Crippen LogP contribution in [-0.4, -0.2) is 53.2 Å². The van der Waals surface area contributed by atoms with E-state index >= 15 is 0 Å².